The molecule has 2 N–H and O–H groups in total. The summed E-state index contributed by atoms with van der Waals surface area (Å²) in [6.45, 7) is 4.09. The van der Waals surface area contributed by atoms with Gasteiger partial charge in [0.1, 0.15) is 5.75 Å². The first-order valence-electron chi connectivity index (χ1n) is 7.50. The molecule has 1 aromatic carbocycles. The zero-order chi connectivity index (χ0) is 14.8. The first kappa shape index (κ1) is 14.0. The van der Waals surface area contributed by atoms with Crippen LogP contribution >= 0.6 is 0 Å². The molecule has 3 rings (SSSR count). The van der Waals surface area contributed by atoms with Crippen LogP contribution in [0, 0.1) is 6.92 Å². The predicted molar refractivity (Wildman–Crippen MR) is 82.3 cm³/mol. The Morgan fingerprint density at radius 2 is 2.14 bits per heavy atom. The Balaban J connectivity index is 1.83. The standard InChI is InChI=1S/C17H21N3O/c1-3-13(18)10-14-8-11(2)19-17(20-14)16-9-12-6-4-5-7-15(12)21-16/h4-8,13,16H,3,9-10,18H2,1-2H3. The number of nitrogens with two attached hydrogens (primary N) is 1. The number of aromatic nitrogens is 2. The van der Waals surface area contributed by atoms with Crippen LogP contribution in [0.1, 0.15) is 42.2 Å². The first-order chi connectivity index (χ1) is 10.2. The molecule has 2 unspecified atom stereocenters. The molecule has 0 aliphatic carbocycles. The molecule has 2 aromatic rings. The van der Waals surface area contributed by atoms with Gasteiger partial charge < -0.3 is 10.5 Å². The lowest BCUT2D eigenvalue weighted by molar-refractivity contribution is 0.226. The van der Waals surface area contributed by atoms with Crippen molar-refractivity contribution in [2.75, 3.05) is 0 Å². The second-order valence-corrected chi connectivity index (χ2v) is 5.65. The molecule has 0 fully saturated rings. The van der Waals surface area contributed by atoms with Crippen molar-refractivity contribution in [3.8, 4) is 5.75 Å². The molecule has 1 aromatic heterocycles. The van der Waals surface area contributed by atoms with E-state index in [1.807, 2.05) is 31.2 Å². The average molecular weight is 283 g/mol. The fourth-order valence-electron chi connectivity index (χ4n) is 2.65. The van der Waals surface area contributed by atoms with Crippen LogP contribution in [0.15, 0.2) is 30.3 Å². The van der Waals surface area contributed by atoms with E-state index in [0.29, 0.717) is 0 Å². The van der Waals surface area contributed by atoms with Gasteiger partial charge in [0, 0.05) is 30.3 Å². The normalized spacial score (nSPS) is 18.1. The molecule has 110 valence electrons. The third-order valence-corrected chi connectivity index (χ3v) is 3.86. The highest BCUT2D eigenvalue weighted by Gasteiger charge is 2.26. The average Bonchev–Trinajstić information content (AvgIpc) is 2.90. The Kier molecular flexibility index (Phi) is 3.88. The second kappa shape index (κ2) is 5.82. The van der Waals surface area contributed by atoms with Crippen LogP contribution < -0.4 is 10.5 Å². The summed E-state index contributed by atoms with van der Waals surface area (Å²) in [6, 6.07) is 10.3. The van der Waals surface area contributed by atoms with Crippen molar-refractivity contribution in [1.82, 2.24) is 9.97 Å². The largest absolute Gasteiger partial charge is 0.482 e. The van der Waals surface area contributed by atoms with E-state index >= 15 is 0 Å². The van der Waals surface area contributed by atoms with Crippen LogP contribution in [-0.2, 0) is 12.8 Å². The summed E-state index contributed by atoms with van der Waals surface area (Å²) >= 11 is 0. The lowest BCUT2D eigenvalue weighted by Crippen LogP contribution is -2.23. The highest BCUT2D eigenvalue weighted by atomic mass is 16.5. The quantitative estimate of drug-likeness (QED) is 0.937. The van der Waals surface area contributed by atoms with Crippen LogP contribution in [0.25, 0.3) is 0 Å². The van der Waals surface area contributed by atoms with Crippen LogP contribution in [-0.4, -0.2) is 16.0 Å². The van der Waals surface area contributed by atoms with Crippen molar-refractivity contribution < 1.29 is 4.74 Å². The molecule has 0 radical (unpaired) electrons. The van der Waals surface area contributed by atoms with Gasteiger partial charge in [0.15, 0.2) is 11.9 Å². The van der Waals surface area contributed by atoms with Crippen molar-refractivity contribution in [3.05, 3.63) is 53.1 Å². The smallest absolute Gasteiger partial charge is 0.170 e. The molecule has 0 bridgehead atoms. The predicted octanol–water partition coefficient (Wildman–Crippen LogP) is 2.74. The SMILES string of the molecule is CCC(N)Cc1cc(C)nc(C2Cc3ccccc3O2)n1. The van der Waals surface area contributed by atoms with Crippen molar-refractivity contribution in [2.24, 2.45) is 5.73 Å². The Hall–Kier alpha value is -1.94. The molecular weight excluding hydrogens is 262 g/mol. The number of hydrogen-bond acceptors (Lipinski definition) is 4. The number of benzene rings is 1. The number of ether oxygens (including phenoxy) is 1. The van der Waals surface area contributed by atoms with Crippen LogP contribution in [0.5, 0.6) is 5.75 Å². The third kappa shape index (κ3) is 3.05. The lowest BCUT2D eigenvalue weighted by Gasteiger charge is -2.13. The Bertz CT molecular complexity index is 617. The van der Waals surface area contributed by atoms with Gasteiger partial charge in [-0.25, -0.2) is 9.97 Å². The molecule has 0 spiro atoms. The molecule has 21 heavy (non-hydrogen) atoms. The maximum Gasteiger partial charge on any atom is 0.170 e. The Labute approximate surface area is 125 Å². The van der Waals surface area contributed by atoms with E-state index in [2.05, 4.69) is 23.0 Å². The third-order valence-electron chi connectivity index (χ3n) is 3.86. The molecule has 2 heterocycles. The number of rotatable bonds is 4. The fourth-order valence-corrected chi connectivity index (χ4v) is 2.65. The van der Waals surface area contributed by atoms with E-state index in [1.165, 1.54) is 5.56 Å². The van der Waals surface area contributed by atoms with Gasteiger partial charge in [0.2, 0.25) is 0 Å². The summed E-state index contributed by atoms with van der Waals surface area (Å²) in [6.07, 6.45) is 2.48. The summed E-state index contributed by atoms with van der Waals surface area (Å²) in [7, 11) is 0. The van der Waals surface area contributed by atoms with E-state index in [0.717, 1.165) is 42.2 Å². The minimum Gasteiger partial charge on any atom is -0.482 e. The van der Waals surface area contributed by atoms with Gasteiger partial charge >= 0.3 is 0 Å². The van der Waals surface area contributed by atoms with Gasteiger partial charge in [-0.2, -0.15) is 0 Å². The van der Waals surface area contributed by atoms with Gasteiger partial charge in [-0.1, -0.05) is 25.1 Å². The van der Waals surface area contributed by atoms with Crippen LogP contribution in [0.4, 0.5) is 0 Å². The van der Waals surface area contributed by atoms with E-state index < -0.39 is 0 Å². The summed E-state index contributed by atoms with van der Waals surface area (Å²) in [5, 5.41) is 0. The van der Waals surface area contributed by atoms with Crippen LogP contribution in [0.3, 0.4) is 0 Å². The lowest BCUT2D eigenvalue weighted by atomic mass is 10.1. The van der Waals surface area contributed by atoms with Crippen molar-refractivity contribution >= 4 is 0 Å². The zero-order valence-corrected chi connectivity index (χ0v) is 12.5. The second-order valence-electron chi connectivity index (χ2n) is 5.65. The minimum atomic E-state index is -0.0844. The van der Waals surface area contributed by atoms with E-state index in [-0.39, 0.29) is 12.1 Å². The molecule has 0 saturated heterocycles. The summed E-state index contributed by atoms with van der Waals surface area (Å²) < 4.78 is 5.98. The molecule has 4 nitrogen and oxygen atoms in total. The zero-order valence-electron chi connectivity index (χ0n) is 12.5. The summed E-state index contributed by atoms with van der Waals surface area (Å²) in [5.74, 6) is 1.71. The molecule has 4 heteroatoms. The Morgan fingerprint density at radius 1 is 1.33 bits per heavy atom. The molecular formula is C17H21N3O. The van der Waals surface area contributed by atoms with Gasteiger partial charge in [0.25, 0.3) is 0 Å². The van der Waals surface area contributed by atoms with E-state index in [4.69, 9.17) is 10.5 Å². The number of hydrogen-bond donors (Lipinski definition) is 1. The van der Waals surface area contributed by atoms with Gasteiger partial charge in [0.05, 0.1) is 0 Å². The number of para-hydroxylation sites is 1. The number of fused-ring (bicyclic) bond motifs is 1. The van der Waals surface area contributed by atoms with E-state index in [1.54, 1.807) is 0 Å². The van der Waals surface area contributed by atoms with Crippen molar-refractivity contribution in [3.63, 3.8) is 0 Å². The highest BCUT2D eigenvalue weighted by molar-refractivity contribution is 5.38. The minimum absolute atomic E-state index is 0.0844. The van der Waals surface area contributed by atoms with Crippen LogP contribution in [0.2, 0.25) is 0 Å². The van der Waals surface area contributed by atoms with E-state index in [9.17, 15) is 0 Å². The molecule has 1 aliphatic heterocycles. The maximum absolute atomic E-state index is 6.04. The summed E-state index contributed by atoms with van der Waals surface area (Å²) in [4.78, 5) is 9.23. The topological polar surface area (TPSA) is 61.0 Å². The summed E-state index contributed by atoms with van der Waals surface area (Å²) in [5.41, 5.74) is 9.23. The van der Waals surface area contributed by atoms with Gasteiger partial charge in [-0.3, -0.25) is 0 Å². The maximum atomic E-state index is 6.04. The van der Waals surface area contributed by atoms with Crippen molar-refractivity contribution in [1.29, 1.82) is 0 Å². The van der Waals surface area contributed by atoms with Crippen molar-refractivity contribution in [2.45, 2.75) is 45.3 Å². The molecule has 0 saturated carbocycles. The Morgan fingerprint density at radius 3 is 2.90 bits per heavy atom. The number of aryl methyl sites for hydroxylation is 1. The van der Waals surface area contributed by atoms with Gasteiger partial charge in [-0.15, -0.1) is 0 Å². The highest BCUT2D eigenvalue weighted by Crippen LogP contribution is 2.35. The number of nitrogens with zero attached hydrogens (tertiary/aromatic N) is 2. The molecule has 1 aliphatic rings. The first-order valence-corrected chi connectivity index (χ1v) is 7.50. The van der Waals surface area contributed by atoms with Gasteiger partial charge in [-0.05, 0) is 31.0 Å². The monoisotopic (exact) mass is 283 g/mol. The molecule has 2 atom stereocenters. The fraction of sp³-hybridized carbons (Fsp3) is 0.412. The molecule has 0 amide bonds.